The Hall–Kier alpha value is -2.92. The van der Waals surface area contributed by atoms with Gasteiger partial charge in [0.15, 0.2) is 5.82 Å². The molecular formula is C27H31ClN2O3. The van der Waals surface area contributed by atoms with Gasteiger partial charge in [0, 0.05) is 23.5 Å². The largest absolute Gasteiger partial charge is 0.494 e. The summed E-state index contributed by atoms with van der Waals surface area (Å²) in [6, 6.07) is 15.1. The molecule has 0 aliphatic heterocycles. The molecule has 1 unspecified atom stereocenters. The van der Waals surface area contributed by atoms with E-state index in [1.54, 1.807) is 24.5 Å². The fraction of sp³-hybridized carbons (Fsp3) is 0.370. The van der Waals surface area contributed by atoms with Gasteiger partial charge in [0.25, 0.3) is 0 Å². The van der Waals surface area contributed by atoms with E-state index in [2.05, 4.69) is 16.9 Å². The summed E-state index contributed by atoms with van der Waals surface area (Å²) in [5.74, 6) is 1.47. The van der Waals surface area contributed by atoms with Crippen molar-refractivity contribution in [3.05, 3.63) is 60.9 Å². The Labute approximate surface area is 201 Å². The van der Waals surface area contributed by atoms with E-state index >= 15 is 0 Å². The van der Waals surface area contributed by atoms with E-state index in [0.29, 0.717) is 11.6 Å². The molecule has 0 aliphatic rings. The average Bonchev–Trinajstić information content (AvgIpc) is 2.84. The first-order chi connectivity index (χ1) is 16.0. The van der Waals surface area contributed by atoms with Crippen molar-refractivity contribution in [3.63, 3.8) is 0 Å². The summed E-state index contributed by atoms with van der Waals surface area (Å²) in [4.78, 5) is 21.0. The topological polar surface area (TPSA) is 61.3 Å². The monoisotopic (exact) mass is 466 g/mol. The van der Waals surface area contributed by atoms with Crippen LogP contribution in [-0.4, -0.2) is 27.9 Å². The number of alkyl halides is 1. The third kappa shape index (κ3) is 7.29. The van der Waals surface area contributed by atoms with Crippen LogP contribution < -0.4 is 9.47 Å². The van der Waals surface area contributed by atoms with Gasteiger partial charge >= 0.3 is 5.97 Å². The number of hydrogen-bond acceptors (Lipinski definition) is 5. The molecular weight excluding hydrogens is 436 g/mol. The van der Waals surface area contributed by atoms with Crippen LogP contribution in [0.15, 0.2) is 60.9 Å². The number of hydrogen-bond donors (Lipinski definition) is 0. The lowest BCUT2D eigenvalue weighted by Crippen LogP contribution is -2.25. The van der Waals surface area contributed by atoms with Crippen molar-refractivity contribution >= 4 is 17.6 Å². The van der Waals surface area contributed by atoms with Crippen molar-refractivity contribution in [1.82, 2.24) is 9.97 Å². The molecule has 0 bridgehead atoms. The van der Waals surface area contributed by atoms with Gasteiger partial charge in [-0.3, -0.25) is 4.79 Å². The van der Waals surface area contributed by atoms with E-state index in [9.17, 15) is 4.79 Å². The number of rotatable bonds is 11. The predicted octanol–water partition coefficient (Wildman–Crippen LogP) is 6.94. The van der Waals surface area contributed by atoms with Crippen molar-refractivity contribution in [2.24, 2.45) is 5.92 Å². The summed E-state index contributed by atoms with van der Waals surface area (Å²) in [5, 5.41) is -0.674. The molecule has 1 atom stereocenters. The summed E-state index contributed by atoms with van der Waals surface area (Å²) in [7, 11) is 0. The lowest BCUT2D eigenvalue weighted by atomic mass is 10.1. The quantitative estimate of drug-likeness (QED) is 0.132. The Morgan fingerprint density at radius 2 is 1.45 bits per heavy atom. The SMILES string of the molecule is CCCCCCOc1ccc(-c2cnc(-c3ccc(OC(=O)C(Cl)C(C)C)cc3)nc2)cc1. The Morgan fingerprint density at radius 3 is 2.06 bits per heavy atom. The molecule has 5 nitrogen and oxygen atoms in total. The normalized spacial score (nSPS) is 11.9. The molecule has 2 aromatic carbocycles. The summed E-state index contributed by atoms with van der Waals surface area (Å²) >= 11 is 6.05. The third-order valence-corrected chi connectivity index (χ3v) is 5.93. The Kier molecular flexibility index (Phi) is 9.25. The van der Waals surface area contributed by atoms with Crippen LogP contribution in [0.1, 0.15) is 46.5 Å². The number of carbonyl (C=O) groups is 1. The van der Waals surface area contributed by atoms with Crippen LogP contribution in [0.3, 0.4) is 0 Å². The zero-order chi connectivity index (χ0) is 23.6. The maximum absolute atomic E-state index is 12.0. The molecule has 1 heterocycles. The molecule has 0 fully saturated rings. The molecule has 0 spiro atoms. The van der Waals surface area contributed by atoms with Crippen molar-refractivity contribution in [1.29, 1.82) is 0 Å². The second kappa shape index (κ2) is 12.4. The van der Waals surface area contributed by atoms with Gasteiger partial charge in [-0.2, -0.15) is 0 Å². The van der Waals surface area contributed by atoms with Gasteiger partial charge in [-0.1, -0.05) is 52.2 Å². The lowest BCUT2D eigenvalue weighted by molar-refractivity contribution is -0.134. The molecule has 1 aromatic heterocycles. The Balaban J connectivity index is 1.58. The third-order valence-electron chi connectivity index (χ3n) is 5.25. The molecule has 0 N–H and O–H groups in total. The van der Waals surface area contributed by atoms with Crippen LogP contribution in [0.25, 0.3) is 22.5 Å². The van der Waals surface area contributed by atoms with Gasteiger partial charge in [-0.15, -0.1) is 11.6 Å². The highest BCUT2D eigenvalue weighted by atomic mass is 35.5. The van der Waals surface area contributed by atoms with Crippen LogP contribution in [-0.2, 0) is 4.79 Å². The smallest absolute Gasteiger partial charge is 0.329 e. The van der Waals surface area contributed by atoms with Crippen molar-refractivity contribution < 1.29 is 14.3 Å². The summed E-state index contributed by atoms with van der Waals surface area (Å²) in [6.07, 6.45) is 8.37. The molecule has 0 aliphatic carbocycles. The van der Waals surface area contributed by atoms with Gasteiger partial charge < -0.3 is 9.47 Å². The number of nitrogens with zero attached hydrogens (tertiary/aromatic N) is 2. The molecule has 3 rings (SSSR count). The molecule has 33 heavy (non-hydrogen) atoms. The first-order valence-corrected chi connectivity index (χ1v) is 11.9. The highest BCUT2D eigenvalue weighted by Gasteiger charge is 2.21. The molecule has 0 radical (unpaired) electrons. The van der Waals surface area contributed by atoms with Crippen molar-refractivity contribution in [2.45, 2.75) is 51.8 Å². The van der Waals surface area contributed by atoms with E-state index in [-0.39, 0.29) is 5.92 Å². The van der Waals surface area contributed by atoms with Gasteiger partial charge in [-0.25, -0.2) is 9.97 Å². The summed E-state index contributed by atoms with van der Waals surface area (Å²) in [5.41, 5.74) is 2.79. The van der Waals surface area contributed by atoms with Gasteiger partial charge in [0.05, 0.1) is 6.61 Å². The van der Waals surface area contributed by atoms with Crippen molar-refractivity contribution in [2.75, 3.05) is 6.61 Å². The van der Waals surface area contributed by atoms with Gasteiger partial charge in [0.1, 0.15) is 16.9 Å². The number of esters is 1. The molecule has 0 amide bonds. The Bertz CT molecular complexity index is 1000. The zero-order valence-corrected chi connectivity index (χ0v) is 20.2. The Morgan fingerprint density at radius 1 is 0.848 bits per heavy atom. The maximum atomic E-state index is 12.0. The second-order valence-corrected chi connectivity index (χ2v) is 8.79. The van der Waals surface area contributed by atoms with Crippen LogP contribution >= 0.6 is 11.6 Å². The molecule has 174 valence electrons. The molecule has 0 saturated heterocycles. The van der Waals surface area contributed by atoms with E-state index in [4.69, 9.17) is 21.1 Å². The van der Waals surface area contributed by atoms with E-state index in [1.807, 2.05) is 50.2 Å². The lowest BCUT2D eigenvalue weighted by Gasteiger charge is -2.12. The summed E-state index contributed by atoms with van der Waals surface area (Å²) in [6.45, 7) is 6.71. The average molecular weight is 467 g/mol. The van der Waals surface area contributed by atoms with Crippen LogP contribution in [0.5, 0.6) is 11.5 Å². The number of carbonyl (C=O) groups excluding carboxylic acids is 1. The summed E-state index contributed by atoms with van der Waals surface area (Å²) < 4.78 is 11.1. The molecule has 0 saturated carbocycles. The van der Waals surface area contributed by atoms with E-state index in [0.717, 1.165) is 35.5 Å². The first-order valence-electron chi connectivity index (χ1n) is 11.5. The highest BCUT2D eigenvalue weighted by Crippen LogP contribution is 2.25. The van der Waals surface area contributed by atoms with E-state index in [1.165, 1.54) is 19.3 Å². The molecule has 3 aromatic rings. The maximum Gasteiger partial charge on any atom is 0.329 e. The first kappa shape index (κ1) is 24.7. The number of benzene rings is 2. The number of halogens is 1. The van der Waals surface area contributed by atoms with Crippen LogP contribution in [0.2, 0.25) is 0 Å². The second-order valence-electron chi connectivity index (χ2n) is 8.32. The number of aromatic nitrogens is 2. The fourth-order valence-electron chi connectivity index (χ4n) is 3.21. The molecule has 6 heteroatoms. The van der Waals surface area contributed by atoms with E-state index < -0.39 is 11.3 Å². The minimum absolute atomic E-state index is 0.00429. The van der Waals surface area contributed by atoms with Crippen LogP contribution in [0, 0.1) is 5.92 Å². The fourth-order valence-corrected chi connectivity index (χ4v) is 3.25. The standard InChI is InChI=1S/C27H31ClN2O3/c1-4-5-6-7-16-32-23-12-8-20(9-13-23)22-17-29-26(30-18-22)21-10-14-24(15-11-21)33-27(31)25(28)19(2)3/h8-15,17-19,25H,4-7,16H2,1-3H3. The van der Waals surface area contributed by atoms with Crippen LogP contribution in [0.4, 0.5) is 0 Å². The highest BCUT2D eigenvalue weighted by molar-refractivity contribution is 6.30. The minimum Gasteiger partial charge on any atom is -0.494 e. The van der Waals surface area contributed by atoms with Gasteiger partial charge in [0.2, 0.25) is 0 Å². The number of unbranched alkanes of at least 4 members (excludes halogenated alkanes) is 3. The van der Waals surface area contributed by atoms with Gasteiger partial charge in [-0.05, 0) is 54.3 Å². The number of ether oxygens (including phenoxy) is 2. The van der Waals surface area contributed by atoms with Crippen molar-refractivity contribution in [3.8, 4) is 34.0 Å². The minimum atomic E-state index is -0.674. The zero-order valence-electron chi connectivity index (χ0n) is 19.5. The predicted molar refractivity (Wildman–Crippen MR) is 133 cm³/mol.